The van der Waals surface area contributed by atoms with E-state index in [9.17, 15) is 23.1 Å². The standard InChI is InChI=1S/C10H6F3N3O3/c11-10(12,13)9(18)19-8-7(17)1-5(2-14-8)6-3-15-16-4-6/h1-4,17H,(H,15,16). The fourth-order valence-corrected chi connectivity index (χ4v) is 1.23. The largest absolute Gasteiger partial charge is 0.503 e. The van der Waals surface area contributed by atoms with Crippen LogP contribution in [-0.4, -0.2) is 32.4 Å². The van der Waals surface area contributed by atoms with Crippen LogP contribution in [0, 0.1) is 0 Å². The van der Waals surface area contributed by atoms with Crippen LogP contribution in [-0.2, 0) is 4.79 Å². The van der Waals surface area contributed by atoms with Gasteiger partial charge in [0.15, 0.2) is 5.75 Å². The van der Waals surface area contributed by atoms with Crippen LogP contribution in [0.5, 0.6) is 11.6 Å². The van der Waals surface area contributed by atoms with Gasteiger partial charge in [-0.05, 0) is 6.07 Å². The molecule has 0 fully saturated rings. The first kappa shape index (κ1) is 12.9. The summed E-state index contributed by atoms with van der Waals surface area (Å²) in [7, 11) is 0. The van der Waals surface area contributed by atoms with Gasteiger partial charge in [0.1, 0.15) is 0 Å². The van der Waals surface area contributed by atoms with Gasteiger partial charge in [0.05, 0.1) is 6.20 Å². The average molecular weight is 273 g/mol. The number of hydrogen-bond donors (Lipinski definition) is 2. The van der Waals surface area contributed by atoms with E-state index in [-0.39, 0.29) is 0 Å². The number of carbonyl (C=O) groups is 1. The second kappa shape index (κ2) is 4.59. The number of nitrogens with one attached hydrogen (secondary N) is 1. The molecule has 2 N–H and O–H groups in total. The summed E-state index contributed by atoms with van der Waals surface area (Å²) in [6.07, 6.45) is -1.09. The Kier molecular flexibility index (Phi) is 3.11. The highest BCUT2D eigenvalue weighted by molar-refractivity contribution is 5.78. The molecule has 2 rings (SSSR count). The summed E-state index contributed by atoms with van der Waals surface area (Å²) >= 11 is 0. The number of alkyl halides is 3. The number of halogens is 3. The van der Waals surface area contributed by atoms with Gasteiger partial charge in [-0.2, -0.15) is 18.3 Å². The molecule has 2 heterocycles. The minimum absolute atomic E-state index is 0.401. The molecule has 2 aromatic rings. The number of esters is 1. The summed E-state index contributed by atoms with van der Waals surface area (Å²) in [6, 6.07) is 1.11. The van der Waals surface area contributed by atoms with Crippen LogP contribution < -0.4 is 4.74 Å². The fourth-order valence-electron chi connectivity index (χ4n) is 1.23. The number of aromatic amines is 1. The van der Waals surface area contributed by atoms with E-state index in [2.05, 4.69) is 19.9 Å². The highest BCUT2D eigenvalue weighted by Crippen LogP contribution is 2.30. The van der Waals surface area contributed by atoms with Crippen molar-refractivity contribution in [3.8, 4) is 22.8 Å². The molecule has 0 amide bonds. The normalized spacial score (nSPS) is 11.3. The summed E-state index contributed by atoms with van der Waals surface area (Å²) in [5.74, 6) is -3.95. The van der Waals surface area contributed by atoms with E-state index in [4.69, 9.17) is 0 Å². The van der Waals surface area contributed by atoms with E-state index in [1.807, 2.05) is 0 Å². The molecule has 0 saturated heterocycles. The summed E-state index contributed by atoms with van der Waals surface area (Å²) in [6.45, 7) is 0. The average Bonchev–Trinajstić information content (AvgIpc) is 2.84. The quantitative estimate of drug-likeness (QED) is 0.812. The van der Waals surface area contributed by atoms with Crippen LogP contribution in [0.1, 0.15) is 0 Å². The van der Waals surface area contributed by atoms with Gasteiger partial charge in [0, 0.05) is 23.5 Å². The zero-order valence-electron chi connectivity index (χ0n) is 9.10. The summed E-state index contributed by atoms with van der Waals surface area (Å²) in [5, 5.41) is 15.7. The summed E-state index contributed by atoms with van der Waals surface area (Å²) in [4.78, 5) is 14.0. The zero-order valence-corrected chi connectivity index (χ0v) is 9.10. The van der Waals surface area contributed by atoms with E-state index in [0.717, 1.165) is 12.3 Å². The Bertz CT molecular complexity index is 596. The Labute approximate surface area is 103 Å². The molecule has 6 nitrogen and oxygen atoms in total. The SMILES string of the molecule is O=C(Oc1ncc(-c2cn[nH]c2)cc1O)C(F)(F)F. The van der Waals surface area contributed by atoms with Gasteiger partial charge in [-0.1, -0.05) is 0 Å². The lowest BCUT2D eigenvalue weighted by molar-refractivity contribution is -0.190. The van der Waals surface area contributed by atoms with E-state index in [1.165, 1.54) is 12.4 Å². The van der Waals surface area contributed by atoms with E-state index in [0.29, 0.717) is 11.1 Å². The maximum absolute atomic E-state index is 12.0. The lowest BCUT2D eigenvalue weighted by atomic mass is 10.1. The number of H-pyrrole nitrogens is 1. The van der Waals surface area contributed by atoms with Crippen molar-refractivity contribution in [2.24, 2.45) is 0 Å². The molecule has 9 heteroatoms. The number of carbonyl (C=O) groups excluding carboxylic acids is 1. The molecule has 0 aromatic carbocycles. The molecule has 0 radical (unpaired) electrons. The Balaban J connectivity index is 2.23. The molecule has 0 bridgehead atoms. The number of hydrogen-bond acceptors (Lipinski definition) is 5. The Morgan fingerprint density at radius 2 is 2.05 bits per heavy atom. The van der Waals surface area contributed by atoms with E-state index >= 15 is 0 Å². The number of nitrogens with zero attached hydrogens (tertiary/aromatic N) is 2. The van der Waals surface area contributed by atoms with Crippen molar-refractivity contribution in [1.29, 1.82) is 0 Å². The van der Waals surface area contributed by atoms with E-state index < -0.39 is 23.8 Å². The van der Waals surface area contributed by atoms with Gasteiger partial charge in [-0.3, -0.25) is 5.10 Å². The van der Waals surface area contributed by atoms with Gasteiger partial charge < -0.3 is 9.84 Å². The summed E-state index contributed by atoms with van der Waals surface area (Å²) < 4.78 is 39.9. The first-order valence-electron chi connectivity index (χ1n) is 4.85. The molecule has 0 saturated carbocycles. The highest BCUT2D eigenvalue weighted by Gasteiger charge is 2.42. The number of pyridine rings is 1. The lowest BCUT2D eigenvalue weighted by Gasteiger charge is -2.07. The molecule has 0 aliphatic heterocycles. The van der Waals surface area contributed by atoms with Gasteiger partial charge in [0.25, 0.3) is 5.88 Å². The monoisotopic (exact) mass is 273 g/mol. The second-order valence-corrected chi connectivity index (χ2v) is 3.42. The van der Waals surface area contributed by atoms with Crippen LogP contribution in [0.25, 0.3) is 11.1 Å². The molecule has 2 aromatic heterocycles. The lowest BCUT2D eigenvalue weighted by Crippen LogP contribution is -2.28. The molecule has 100 valence electrons. The number of rotatable bonds is 2. The minimum Gasteiger partial charge on any atom is -0.503 e. The third-order valence-corrected chi connectivity index (χ3v) is 2.08. The van der Waals surface area contributed by atoms with Crippen LogP contribution >= 0.6 is 0 Å². The molecule has 0 spiro atoms. The Hall–Kier alpha value is -2.58. The van der Waals surface area contributed by atoms with Gasteiger partial charge >= 0.3 is 12.1 Å². The molecular formula is C10H6F3N3O3. The number of aromatic nitrogens is 3. The number of aromatic hydroxyl groups is 1. The predicted molar refractivity (Wildman–Crippen MR) is 55.2 cm³/mol. The van der Waals surface area contributed by atoms with Crippen molar-refractivity contribution >= 4 is 5.97 Å². The van der Waals surface area contributed by atoms with Crippen LogP contribution in [0.15, 0.2) is 24.7 Å². The first-order chi connectivity index (χ1) is 8.88. The second-order valence-electron chi connectivity index (χ2n) is 3.42. The third kappa shape index (κ3) is 2.81. The third-order valence-electron chi connectivity index (χ3n) is 2.08. The topological polar surface area (TPSA) is 88.1 Å². The fraction of sp³-hybridized carbons (Fsp3) is 0.100. The molecule has 19 heavy (non-hydrogen) atoms. The van der Waals surface area contributed by atoms with Crippen molar-refractivity contribution in [3.05, 3.63) is 24.7 Å². The van der Waals surface area contributed by atoms with Crippen LogP contribution in [0.4, 0.5) is 13.2 Å². The zero-order chi connectivity index (χ0) is 14.0. The van der Waals surface area contributed by atoms with Crippen molar-refractivity contribution in [2.75, 3.05) is 0 Å². The van der Waals surface area contributed by atoms with Gasteiger partial charge in [-0.25, -0.2) is 9.78 Å². The molecule has 0 unspecified atom stereocenters. The van der Waals surface area contributed by atoms with Gasteiger partial charge in [-0.15, -0.1) is 0 Å². The molecule has 0 atom stereocenters. The van der Waals surface area contributed by atoms with Crippen molar-refractivity contribution in [1.82, 2.24) is 15.2 Å². The maximum atomic E-state index is 12.0. The van der Waals surface area contributed by atoms with Crippen LogP contribution in [0.2, 0.25) is 0 Å². The Morgan fingerprint density at radius 1 is 1.32 bits per heavy atom. The maximum Gasteiger partial charge on any atom is 0.491 e. The Morgan fingerprint density at radius 3 is 2.58 bits per heavy atom. The predicted octanol–water partition coefficient (Wildman–Crippen LogP) is 1.65. The van der Waals surface area contributed by atoms with E-state index in [1.54, 1.807) is 0 Å². The van der Waals surface area contributed by atoms with Crippen molar-refractivity contribution in [2.45, 2.75) is 6.18 Å². The minimum atomic E-state index is -5.16. The molecule has 0 aliphatic carbocycles. The first-order valence-corrected chi connectivity index (χ1v) is 4.85. The molecular weight excluding hydrogens is 267 g/mol. The van der Waals surface area contributed by atoms with Gasteiger partial charge in [0.2, 0.25) is 0 Å². The smallest absolute Gasteiger partial charge is 0.491 e. The van der Waals surface area contributed by atoms with Crippen molar-refractivity contribution in [3.63, 3.8) is 0 Å². The van der Waals surface area contributed by atoms with Crippen molar-refractivity contribution < 1.29 is 27.8 Å². The highest BCUT2D eigenvalue weighted by atomic mass is 19.4. The number of ether oxygens (including phenoxy) is 1. The molecule has 0 aliphatic rings. The summed E-state index contributed by atoms with van der Waals surface area (Å²) in [5.41, 5.74) is 0.967. The van der Waals surface area contributed by atoms with Crippen LogP contribution in [0.3, 0.4) is 0 Å².